The average Bonchev–Trinajstić information content (AvgIpc) is 3.44. The maximum absolute atomic E-state index is 12.9. The molecule has 3 aliphatic rings. The monoisotopic (exact) mass is 430 g/mol. The van der Waals surface area contributed by atoms with Crippen LogP contribution in [0.5, 0.6) is 0 Å². The largest absolute Gasteiger partial charge is 0.347 e. The Bertz CT molecular complexity index is 1160. The van der Waals surface area contributed by atoms with Crippen molar-refractivity contribution < 1.29 is 4.79 Å². The van der Waals surface area contributed by atoms with Crippen LogP contribution in [-0.2, 0) is 11.8 Å². The standard InChI is InChI=1S/C25H23ClN4O/c1-25(13-27)9-8-15-2-3-16(10-20(15)25)17-4-6-19(21(26)11-17)24(31)29-22-12-18-5-7-23(22)30(18)14-28/h2-4,6,10-11,18,22-23H,5,7-9,12H2,1H3,(H,29,31)/t18-,22+,23+,25?/m0/s1. The molecule has 5 nitrogen and oxygen atoms in total. The smallest absolute Gasteiger partial charge is 0.253 e. The van der Waals surface area contributed by atoms with Crippen molar-refractivity contribution in [3.63, 3.8) is 0 Å². The molecule has 2 aliphatic heterocycles. The first kappa shape index (κ1) is 19.9. The van der Waals surface area contributed by atoms with Crippen molar-refractivity contribution in [3.05, 3.63) is 58.1 Å². The zero-order valence-electron chi connectivity index (χ0n) is 17.4. The second-order valence-electron chi connectivity index (χ2n) is 9.13. The zero-order valence-corrected chi connectivity index (χ0v) is 18.1. The SMILES string of the molecule is CC1(C#N)CCc2ccc(-c3ccc(C(=O)N[C@@H]4C[C@@H]5CC[C@H]4N5C#N)c(Cl)c3)cc21. The van der Waals surface area contributed by atoms with Gasteiger partial charge in [-0.2, -0.15) is 10.5 Å². The maximum Gasteiger partial charge on any atom is 0.253 e. The van der Waals surface area contributed by atoms with E-state index in [1.54, 1.807) is 6.07 Å². The number of benzene rings is 2. The maximum atomic E-state index is 12.9. The fourth-order valence-corrected chi connectivity index (χ4v) is 5.81. The van der Waals surface area contributed by atoms with Gasteiger partial charge in [-0.3, -0.25) is 4.79 Å². The molecule has 1 unspecified atom stereocenters. The molecule has 4 atom stereocenters. The Balaban J connectivity index is 1.37. The van der Waals surface area contributed by atoms with Gasteiger partial charge in [0.15, 0.2) is 6.19 Å². The molecule has 1 aliphatic carbocycles. The molecule has 0 saturated carbocycles. The highest BCUT2D eigenvalue weighted by Crippen LogP contribution is 2.41. The topological polar surface area (TPSA) is 79.9 Å². The van der Waals surface area contributed by atoms with E-state index in [0.717, 1.165) is 48.8 Å². The number of aryl methyl sites for hydroxylation is 1. The third kappa shape index (κ3) is 3.16. The van der Waals surface area contributed by atoms with Gasteiger partial charge < -0.3 is 10.2 Å². The molecular weight excluding hydrogens is 408 g/mol. The van der Waals surface area contributed by atoms with Crippen molar-refractivity contribution in [1.82, 2.24) is 10.2 Å². The second-order valence-corrected chi connectivity index (χ2v) is 9.54. The second kappa shape index (κ2) is 7.29. The molecule has 2 aromatic carbocycles. The predicted molar refractivity (Wildman–Crippen MR) is 118 cm³/mol. The summed E-state index contributed by atoms with van der Waals surface area (Å²) in [4.78, 5) is 14.7. The summed E-state index contributed by atoms with van der Waals surface area (Å²) in [6.07, 6.45) is 6.81. The Morgan fingerprint density at radius 1 is 1.19 bits per heavy atom. The first-order valence-electron chi connectivity index (χ1n) is 10.8. The molecule has 2 fully saturated rings. The zero-order chi connectivity index (χ0) is 21.8. The van der Waals surface area contributed by atoms with Gasteiger partial charge >= 0.3 is 0 Å². The van der Waals surface area contributed by atoms with Crippen molar-refractivity contribution in [1.29, 1.82) is 10.5 Å². The van der Waals surface area contributed by atoms with Crippen LogP contribution in [0.1, 0.15) is 54.1 Å². The third-order valence-corrected chi connectivity index (χ3v) is 7.67. The highest BCUT2D eigenvalue weighted by molar-refractivity contribution is 6.34. The molecule has 31 heavy (non-hydrogen) atoms. The van der Waals surface area contributed by atoms with Crippen LogP contribution in [0.2, 0.25) is 5.02 Å². The quantitative estimate of drug-likeness (QED) is 0.724. The number of amides is 1. The van der Waals surface area contributed by atoms with Gasteiger partial charge in [0, 0.05) is 6.04 Å². The molecule has 5 rings (SSSR count). The van der Waals surface area contributed by atoms with Gasteiger partial charge in [0.25, 0.3) is 5.91 Å². The minimum absolute atomic E-state index is 0.0120. The van der Waals surface area contributed by atoms with Crippen LogP contribution in [0, 0.1) is 22.8 Å². The molecule has 2 heterocycles. The number of nitrogens with one attached hydrogen (secondary N) is 1. The van der Waals surface area contributed by atoms with E-state index in [0.29, 0.717) is 10.6 Å². The van der Waals surface area contributed by atoms with Gasteiger partial charge in [0.05, 0.1) is 34.2 Å². The number of carbonyl (C=O) groups excluding carboxylic acids is 1. The van der Waals surface area contributed by atoms with Crippen LogP contribution < -0.4 is 5.32 Å². The van der Waals surface area contributed by atoms with E-state index in [-0.39, 0.29) is 24.0 Å². The van der Waals surface area contributed by atoms with Crippen molar-refractivity contribution in [2.24, 2.45) is 0 Å². The Hall–Kier alpha value is -3.02. The van der Waals surface area contributed by atoms with E-state index in [2.05, 4.69) is 35.8 Å². The molecule has 2 bridgehead atoms. The Morgan fingerprint density at radius 3 is 2.68 bits per heavy atom. The van der Waals surface area contributed by atoms with Crippen LogP contribution >= 0.6 is 11.6 Å². The van der Waals surface area contributed by atoms with Gasteiger partial charge in [0.2, 0.25) is 0 Å². The normalized spacial score (nSPS) is 28.1. The van der Waals surface area contributed by atoms with Crippen LogP contribution in [0.25, 0.3) is 11.1 Å². The van der Waals surface area contributed by atoms with E-state index < -0.39 is 5.41 Å². The van der Waals surface area contributed by atoms with Gasteiger partial charge in [-0.1, -0.05) is 29.8 Å². The summed E-state index contributed by atoms with van der Waals surface area (Å²) in [5, 5.41) is 22.4. The highest BCUT2D eigenvalue weighted by Gasteiger charge is 2.46. The summed E-state index contributed by atoms with van der Waals surface area (Å²) in [7, 11) is 0. The summed E-state index contributed by atoms with van der Waals surface area (Å²) in [6, 6.07) is 14.5. The van der Waals surface area contributed by atoms with Crippen molar-refractivity contribution >= 4 is 17.5 Å². The number of nitriles is 2. The van der Waals surface area contributed by atoms with E-state index in [9.17, 15) is 15.3 Å². The molecule has 1 amide bonds. The minimum Gasteiger partial charge on any atom is -0.347 e. The van der Waals surface area contributed by atoms with Gasteiger partial charge in [-0.05, 0) is 79.5 Å². The molecule has 1 N–H and O–H groups in total. The fraction of sp³-hybridized carbons (Fsp3) is 0.400. The Labute approximate surface area is 187 Å². The first-order chi connectivity index (χ1) is 14.9. The Morgan fingerprint density at radius 2 is 1.97 bits per heavy atom. The van der Waals surface area contributed by atoms with Crippen LogP contribution in [0.15, 0.2) is 36.4 Å². The summed E-state index contributed by atoms with van der Waals surface area (Å²) in [5.41, 5.74) is 4.23. The van der Waals surface area contributed by atoms with Crippen molar-refractivity contribution in [3.8, 4) is 23.4 Å². The first-order valence-corrected chi connectivity index (χ1v) is 11.1. The minimum atomic E-state index is -0.451. The number of halogens is 1. The predicted octanol–water partition coefficient (Wildman–Crippen LogP) is 4.55. The average molecular weight is 431 g/mol. The van der Waals surface area contributed by atoms with Crippen molar-refractivity contribution in [2.45, 2.75) is 62.6 Å². The van der Waals surface area contributed by atoms with Crippen LogP contribution in [-0.4, -0.2) is 28.9 Å². The highest BCUT2D eigenvalue weighted by atomic mass is 35.5. The molecule has 2 saturated heterocycles. The number of nitrogens with zero attached hydrogens (tertiary/aromatic N) is 3. The molecule has 156 valence electrons. The lowest BCUT2D eigenvalue weighted by atomic mass is 9.84. The lowest BCUT2D eigenvalue weighted by Gasteiger charge is -2.22. The van der Waals surface area contributed by atoms with Crippen LogP contribution in [0.3, 0.4) is 0 Å². The van der Waals surface area contributed by atoms with Gasteiger partial charge in [0.1, 0.15) is 0 Å². The third-order valence-electron chi connectivity index (χ3n) is 7.36. The number of rotatable bonds is 3. The molecule has 2 aromatic rings. The lowest BCUT2D eigenvalue weighted by molar-refractivity contribution is 0.0928. The van der Waals surface area contributed by atoms with Crippen LogP contribution in [0.4, 0.5) is 0 Å². The van der Waals surface area contributed by atoms with E-state index >= 15 is 0 Å². The molecule has 0 radical (unpaired) electrons. The molecule has 0 aromatic heterocycles. The van der Waals surface area contributed by atoms with E-state index in [4.69, 9.17) is 11.6 Å². The number of carbonyl (C=O) groups is 1. The number of hydrogen-bond acceptors (Lipinski definition) is 4. The molecular formula is C25H23ClN4O. The van der Waals surface area contributed by atoms with E-state index in [1.165, 1.54) is 5.56 Å². The molecule has 0 spiro atoms. The number of hydrogen-bond donors (Lipinski definition) is 1. The van der Waals surface area contributed by atoms with Crippen molar-refractivity contribution in [2.75, 3.05) is 0 Å². The summed E-state index contributed by atoms with van der Waals surface area (Å²) in [5.74, 6) is -0.196. The summed E-state index contributed by atoms with van der Waals surface area (Å²) >= 11 is 6.52. The molecule has 6 heteroatoms. The summed E-state index contributed by atoms with van der Waals surface area (Å²) in [6.45, 7) is 1.99. The fourth-order valence-electron chi connectivity index (χ4n) is 5.55. The van der Waals surface area contributed by atoms with Gasteiger partial charge in [-0.25, -0.2) is 0 Å². The van der Waals surface area contributed by atoms with Gasteiger partial charge in [-0.15, -0.1) is 0 Å². The summed E-state index contributed by atoms with van der Waals surface area (Å²) < 4.78 is 0. The number of fused-ring (bicyclic) bond motifs is 3. The van der Waals surface area contributed by atoms with E-state index in [1.807, 2.05) is 24.0 Å². The Kier molecular flexibility index (Phi) is 4.68. The lowest BCUT2D eigenvalue weighted by Crippen LogP contribution is -2.43.